The summed E-state index contributed by atoms with van der Waals surface area (Å²) >= 11 is 11.8. The van der Waals surface area contributed by atoms with E-state index in [-0.39, 0.29) is 0 Å². The zero-order valence-electron chi connectivity index (χ0n) is 8.40. The quantitative estimate of drug-likeness (QED) is 0.855. The first-order chi connectivity index (χ1) is 7.68. The third-order valence-electron chi connectivity index (χ3n) is 2.37. The fourth-order valence-corrected chi connectivity index (χ4v) is 2.05. The van der Waals surface area contributed by atoms with Crippen molar-refractivity contribution in [2.24, 2.45) is 0 Å². The van der Waals surface area contributed by atoms with Crippen molar-refractivity contribution in [1.29, 1.82) is 0 Å². The first kappa shape index (κ1) is 11.5. The number of hydrogen-bond acceptors (Lipinski definition) is 1. The molecule has 0 saturated heterocycles. The Hall–Kier alpha value is -1.02. The van der Waals surface area contributed by atoms with Crippen LogP contribution in [0.4, 0.5) is 0 Å². The van der Waals surface area contributed by atoms with Crippen LogP contribution in [0, 0.1) is 0 Å². The normalized spacial score (nSPS) is 12.4. The van der Waals surface area contributed by atoms with E-state index in [0.29, 0.717) is 15.6 Å². The van der Waals surface area contributed by atoms with Crippen LogP contribution in [-0.2, 0) is 0 Å². The topological polar surface area (TPSA) is 20.2 Å². The molecule has 0 spiro atoms. The molecule has 1 N–H and O–H groups in total. The van der Waals surface area contributed by atoms with E-state index in [2.05, 4.69) is 0 Å². The molecule has 0 aromatic heterocycles. The Balaban J connectivity index is 2.38. The predicted molar refractivity (Wildman–Crippen MR) is 67.0 cm³/mol. The van der Waals surface area contributed by atoms with Crippen LogP contribution >= 0.6 is 23.2 Å². The van der Waals surface area contributed by atoms with Gasteiger partial charge in [-0.15, -0.1) is 0 Å². The van der Waals surface area contributed by atoms with Crippen LogP contribution in [0.15, 0.2) is 48.5 Å². The number of aliphatic hydroxyl groups excluding tert-OH is 1. The standard InChI is InChI=1S/C13H10Cl2O/c14-10-6-7-11(12(15)8-10)13(16)9-4-2-1-3-5-9/h1-8,13,16H. The molecule has 2 aromatic rings. The number of rotatable bonds is 2. The maximum absolute atomic E-state index is 10.1. The van der Waals surface area contributed by atoms with Gasteiger partial charge in [0.15, 0.2) is 0 Å². The number of hydrogen-bond donors (Lipinski definition) is 1. The maximum atomic E-state index is 10.1. The van der Waals surface area contributed by atoms with Crippen molar-refractivity contribution < 1.29 is 5.11 Å². The molecule has 0 aliphatic rings. The second kappa shape index (κ2) is 4.88. The van der Waals surface area contributed by atoms with Gasteiger partial charge in [0.2, 0.25) is 0 Å². The lowest BCUT2D eigenvalue weighted by Crippen LogP contribution is -1.99. The predicted octanol–water partition coefficient (Wildman–Crippen LogP) is 4.08. The van der Waals surface area contributed by atoms with Crippen LogP contribution in [0.1, 0.15) is 17.2 Å². The minimum atomic E-state index is -0.717. The zero-order valence-corrected chi connectivity index (χ0v) is 9.91. The molecule has 0 saturated carbocycles. The van der Waals surface area contributed by atoms with Crippen molar-refractivity contribution >= 4 is 23.2 Å². The Morgan fingerprint density at radius 2 is 1.62 bits per heavy atom. The highest BCUT2D eigenvalue weighted by molar-refractivity contribution is 6.35. The van der Waals surface area contributed by atoms with Crippen molar-refractivity contribution in [2.45, 2.75) is 6.10 Å². The summed E-state index contributed by atoms with van der Waals surface area (Å²) in [5.74, 6) is 0. The van der Waals surface area contributed by atoms with Crippen LogP contribution in [0.25, 0.3) is 0 Å². The van der Waals surface area contributed by atoms with Crippen molar-refractivity contribution in [2.75, 3.05) is 0 Å². The molecule has 0 aliphatic carbocycles. The van der Waals surface area contributed by atoms with Crippen LogP contribution in [0.2, 0.25) is 10.0 Å². The number of halogens is 2. The molecule has 0 heterocycles. The van der Waals surface area contributed by atoms with Gasteiger partial charge in [-0.25, -0.2) is 0 Å². The Labute approximate surface area is 104 Å². The average molecular weight is 253 g/mol. The fraction of sp³-hybridized carbons (Fsp3) is 0.0769. The van der Waals surface area contributed by atoms with Gasteiger partial charge in [-0.3, -0.25) is 0 Å². The second-order valence-electron chi connectivity index (χ2n) is 3.48. The van der Waals surface area contributed by atoms with E-state index in [4.69, 9.17) is 23.2 Å². The summed E-state index contributed by atoms with van der Waals surface area (Å²) in [5.41, 5.74) is 1.48. The van der Waals surface area contributed by atoms with Gasteiger partial charge in [0.25, 0.3) is 0 Å². The molecule has 0 aliphatic heterocycles. The number of benzene rings is 2. The molecular formula is C13H10Cl2O. The SMILES string of the molecule is OC(c1ccccc1)c1ccc(Cl)cc1Cl. The average Bonchev–Trinajstić information content (AvgIpc) is 2.29. The first-order valence-electron chi connectivity index (χ1n) is 4.86. The van der Waals surface area contributed by atoms with Crippen LogP contribution in [0.3, 0.4) is 0 Å². The third-order valence-corrected chi connectivity index (χ3v) is 2.93. The van der Waals surface area contributed by atoms with Gasteiger partial charge in [-0.2, -0.15) is 0 Å². The van der Waals surface area contributed by atoms with E-state index in [1.54, 1.807) is 18.2 Å². The van der Waals surface area contributed by atoms with Gasteiger partial charge < -0.3 is 5.11 Å². The van der Waals surface area contributed by atoms with E-state index >= 15 is 0 Å². The summed E-state index contributed by atoms with van der Waals surface area (Å²) in [6.45, 7) is 0. The van der Waals surface area contributed by atoms with Crippen molar-refractivity contribution in [3.63, 3.8) is 0 Å². The summed E-state index contributed by atoms with van der Waals surface area (Å²) in [5, 5.41) is 11.2. The van der Waals surface area contributed by atoms with Gasteiger partial charge >= 0.3 is 0 Å². The summed E-state index contributed by atoms with van der Waals surface area (Å²) < 4.78 is 0. The maximum Gasteiger partial charge on any atom is 0.105 e. The van der Waals surface area contributed by atoms with Crippen molar-refractivity contribution in [1.82, 2.24) is 0 Å². The largest absolute Gasteiger partial charge is 0.384 e. The molecule has 3 heteroatoms. The van der Waals surface area contributed by atoms with Gasteiger partial charge in [-0.1, -0.05) is 59.6 Å². The molecule has 82 valence electrons. The van der Waals surface area contributed by atoms with E-state index in [1.165, 1.54) is 0 Å². The minimum Gasteiger partial charge on any atom is -0.384 e. The van der Waals surface area contributed by atoms with Crippen molar-refractivity contribution in [3.05, 3.63) is 69.7 Å². The number of aliphatic hydroxyl groups is 1. The molecule has 0 amide bonds. The lowest BCUT2D eigenvalue weighted by atomic mass is 10.0. The Bertz CT molecular complexity index is 483. The van der Waals surface area contributed by atoms with Crippen LogP contribution in [0.5, 0.6) is 0 Å². The summed E-state index contributed by atoms with van der Waals surface area (Å²) in [7, 11) is 0. The molecule has 2 rings (SSSR count). The summed E-state index contributed by atoms with van der Waals surface area (Å²) in [4.78, 5) is 0. The van der Waals surface area contributed by atoms with Crippen molar-refractivity contribution in [3.8, 4) is 0 Å². The monoisotopic (exact) mass is 252 g/mol. The molecule has 0 bridgehead atoms. The Kier molecular flexibility index (Phi) is 3.49. The zero-order chi connectivity index (χ0) is 11.5. The second-order valence-corrected chi connectivity index (χ2v) is 4.32. The van der Waals surface area contributed by atoms with Gasteiger partial charge in [0.05, 0.1) is 0 Å². The van der Waals surface area contributed by atoms with Gasteiger partial charge in [-0.05, 0) is 17.7 Å². The lowest BCUT2D eigenvalue weighted by Gasteiger charge is -2.13. The third kappa shape index (κ3) is 2.38. The smallest absolute Gasteiger partial charge is 0.105 e. The van der Waals surface area contributed by atoms with E-state index < -0.39 is 6.10 Å². The van der Waals surface area contributed by atoms with Gasteiger partial charge in [0, 0.05) is 15.6 Å². The first-order valence-corrected chi connectivity index (χ1v) is 5.62. The highest BCUT2D eigenvalue weighted by atomic mass is 35.5. The van der Waals surface area contributed by atoms with Crippen LogP contribution < -0.4 is 0 Å². The molecule has 2 aromatic carbocycles. The fourth-order valence-electron chi connectivity index (χ4n) is 1.54. The Morgan fingerprint density at radius 3 is 2.25 bits per heavy atom. The Morgan fingerprint density at radius 1 is 0.938 bits per heavy atom. The minimum absolute atomic E-state index is 0.476. The molecular weight excluding hydrogens is 243 g/mol. The van der Waals surface area contributed by atoms with Crippen LogP contribution in [-0.4, -0.2) is 5.11 Å². The lowest BCUT2D eigenvalue weighted by molar-refractivity contribution is 0.220. The van der Waals surface area contributed by atoms with E-state index in [9.17, 15) is 5.11 Å². The highest BCUT2D eigenvalue weighted by Gasteiger charge is 2.13. The van der Waals surface area contributed by atoms with Gasteiger partial charge in [0.1, 0.15) is 6.10 Å². The molecule has 1 nitrogen and oxygen atoms in total. The molecule has 0 fully saturated rings. The van der Waals surface area contributed by atoms with E-state index in [0.717, 1.165) is 5.56 Å². The summed E-state index contributed by atoms with van der Waals surface area (Å²) in [6, 6.07) is 14.5. The summed E-state index contributed by atoms with van der Waals surface area (Å²) in [6.07, 6.45) is -0.717. The molecule has 1 atom stereocenters. The molecule has 0 radical (unpaired) electrons. The molecule has 16 heavy (non-hydrogen) atoms. The van der Waals surface area contributed by atoms with E-state index in [1.807, 2.05) is 30.3 Å². The highest BCUT2D eigenvalue weighted by Crippen LogP contribution is 2.30. The molecule has 1 unspecified atom stereocenters.